The predicted molar refractivity (Wildman–Crippen MR) is 87.8 cm³/mol. The summed E-state index contributed by atoms with van der Waals surface area (Å²) in [5, 5.41) is 17.1. The van der Waals surface area contributed by atoms with Crippen LogP contribution in [-0.4, -0.2) is 31.7 Å². The molecule has 118 valence electrons. The van der Waals surface area contributed by atoms with E-state index in [2.05, 4.69) is 20.7 Å². The lowest BCUT2D eigenvalue weighted by Crippen LogP contribution is -2.28. The van der Waals surface area contributed by atoms with Crippen molar-refractivity contribution in [1.82, 2.24) is 24.6 Å². The molecule has 8 heteroatoms. The molecular weight excluding hydrogens is 294 g/mol. The summed E-state index contributed by atoms with van der Waals surface area (Å²) in [5.74, 6) is -0.0867. The van der Waals surface area contributed by atoms with Crippen molar-refractivity contribution in [1.29, 1.82) is 5.41 Å². The van der Waals surface area contributed by atoms with Gasteiger partial charge in [0.15, 0.2) is 5.96 Å². The molecule has 3 aromatic rings. The van der Waals surface area contributed by atoms with E-state index in [0.29, 0.717) is 12.1 Å². The number of carbonyl (C=O) groups excluding carboxylic acids is 1. The molecule has 0 atom stereocenters. The van der Waals surface area contributed by atoms with E-state index in [0.717, 1.165) is 28.8 Å². The number of fused-ring (bicyclic) bond motifs is 1. The maximum absolute atomic E-state index is 10.4. The largest absolute Gasteiger partial charge is 0.334 e. The molecule has 1 amide bonds. The lowest BCUT2D eigenvalue weighted by atomic mass is 10.2. The van der Waals surface area contributed by atoms with Gasteiger partial charge in [-0.05, 0) is 24.6 Å². The molecule has 23 heavy (non-hydrogen) atoms. The van der Waals surface area contributed by atoms with E-state index in [-0.39, 0.29) is 5.96 Å². The molecule has 3 rings (SSSR count). The van der Waals surface area contributed by atoms with Gasteiger partial charge in [-0.2, -0.15) is 5.10 Å². The van der Waals surface area contributed by atoms with Crippen LogP contribution in [0.4, 0.5) is 5.69 Å². The number of aryl methyl sites for hydroxylation is 1. The average molecular weight is 311 g/mol. The van der Waals surface area contributed by atoms with Crippen molar-refractivity contribution in [3.05, 3.63) is 36.4 Å². The maximum Gasteiger partial charge on any atom is 0.213 e. The first kappa shape index (κ1) is 14.8. The summed E-state index contributed by atoms with van der Waals surface area (Å²) in [6.45, 7) is 2.01. The van der Waals surface area contributed by atoms with Gasteiger partial charge >= 0.3 is 0 Å². The zero-order chi connectivity index (χ0) is 16.4. The van der Waals surface area contributed by atoms with Crippen LogP contribution in [-0.2, 0) is 18.3 Å². The summed E-state index contributed by atoms with van der Waals surface area (Å²) in [7, 11) is 1.95. The highest BCUT2D eigenvalue weighted by atomic mass is 16.1. The van der Waals surface area contributed by atoms with Crippen LogP contribution in [0, 0.1) is 5.41 Å². The van der Waals surface area contributed by atoms with Crippen molar-refractivity contribution in [2.24, 2.45) is 7.05 Å². The number of guanidine groups is 1. The summed E-state index contributed by atoms with van der Waals surface area (Å²) < 4.78 is 3.78. The fourth-order valence-electron chi connectivity index (χ4n) is 2.52. The van der Waals surface area contributed by atoms with Crippen LogP contribution in [0.1, 0.15) is 12.6 Å². The van der Waals surface area contributed by atoms with Gasteiger partial charge in [-0.15, -0.1) is 0 Å². The van der Waals surface area contributed by atoms with Crippen LogP contribution in [0.3, 0.4) is 0 Å². The van der Waals surface area contributed by atoms with E-state index >= 15 is 0 Å². The van der Waals surface area contributed by atoms with E-state index in [1.165, 1.54) is 0 Å². The van der Waals surface area contributed by atoms with Gasteiger partial charge in [0, 0.05) is 7.05 Å². The number of hydrogen-bond acceptors (Lipinski definition) is 4. The fraction of sp³-hybridized carbons (Fsp3) is 0.200. The van der Waals surface area contributed by atoms with Gasteiger partial charge in [0.25, 0.3) is 0 Å². The first-order valence-corrected chi connectivity index (χ1v) is 7.18. The third-order valence-corrected chi connectivity index (χ3v) is 3.62. The van der Waals surface area contributed by atoms with Crippen LogP contribution in [0.15, 0.2) is 30.7 Å². The van der Waals surface area contributed by atoms with E-state index in [9.17, 15) is 4.79 Å². The highest BCUT2D eigenvalue weighted by Crippen LogP contribution is 2.22. The Balaban J connectivity index is 2.01. The SMILES string of the molecule is CCc1c(NC(=N)NC=O)cnn1-c1ccc2ncn(C)c2c1. The van der Waals surface area contributed by atoms with E-state index in [4.69, 9.17) is 5.41 Å². The topological polar surface area (TPSA) is 101 Å². The molecule has 0 aliphatic rings. The minimum absolute atomic E-state index is 0.0867. The molecule has 0 aliphatic heterocycles. The van der Waals surface area contributed by atoms with Gasteiger partial charge in [0.1, 0.15) is 0 Å². The van der Waals surface area contributed by atoms with Crippen molar-refractivity contribution >= 4 is 29.1 Å². The van der Waals surface area contributed by atoms with Crippen LogP contribution in [0.2, 0.25) is 0 Å². The number of nitrogens with zero attached hydrogens (tertiary/aromatic N) is 4. The monoisotopic (exact) mass is 311 g/mol. The van der Waals surface area contributed by atoms with Gasteiger partial charge in [0.05, 0.1) is 40.6 Å². The predicted octanol–water partition coefficient (Wildman–Crippen LogP) is 1.41. The van der Waals surface area contributed by atoms with E-state index < -0.39 is 0 Å². The molecule has 0 saturated carbocycles. The van der Waals surface area contributed by atoms with Crippen molar-refractivity contribution in [2.45, 2.75) is 13.3 Å². The molecule has 0 radical (unpaired) electrons. The number of anilines is 1. The number of nitrogens with one attached hydrogen (secondary N) is 3. The Morgan fingerprint density at radius 1 is 1.43 bits per heavy atom. The van der Waals surface area contributed by atoms with Gasteiger partial charge in [-0.3, -0.25) is 15.5 Å². The summed E-state index contributed by atoms with van der Waals surface area (Å²) in [5.41, 5.74) is 4.48. The summed E-state index contributed by atoms with van der Waals surface area (Å²) >= 11 is 0. The second-order valence-corrected chi connectivity index (χ2v) is 5.06. The summed E-state index contributed by atoms with van der Waals surface area (Å²) in [6.07, 6.45) is 4.60. The number of hydrogen-bond donors (Lipinski definition) is 3. The Kier molecular flexibility index (Phi) is 3.80. The fourth-order valence-corrected chi connectivity index (χ4v) is 2.52. The second kappa shape index (κ2) is 5.91. The van der Waals surface area contributed by atoms with E-state index in [1.54, 1.807) is 12.5 Å². The molecule has 0 aliphatic carbocycles. The van der Waals surface area contributed by atoms with Gasteiger partial charge in [-0.1, -0.05) is 6.92 Å². The molecule has 0 unspecified atom stereocenters. The van der Waals surface area contributed by atoms with Crippen molar-refractivity contribution < 1.29 is 4.79 Å². The Hall–Kier alpha value is -3.16. The quantitative estimate of drug-likeness (QED) is 0.385. The highest BCUT2D eigenvalue weighted by Gasteiger charge is 2.13. The molecule has 1 aromatic carbocycles. The smallest absolute Gasteiger partial charge is 0.213 e. The minimum atomic E-state index is -0.0867. The highest BCUT2D eigenvalue weighted by molar-refractivity contribution is 5.97. The third-order valence-electron chi connectivity index (χ3n) is 3.62. The standard InChI is InChI=1S/C15H17N7O/c1-3-13-12(20-15(16)18-9-23)7-19-22(13)10-4-5-11-14(6-10)21(2)8-17-11/h4-9H,3H2,1-2H3,(H3,16,18,20,23). The van der Waals surface area contributed by atoms with E-state index in [1.807, 2.05) is 41.4 Å². The molecular formula is C15H17N7O. The molecule has 3 N–H and O–H groups in total. The van der Waals surface area contributed by atoms with Crippen LogP contribution in [0.5, 0.6) is 0 Å². The average Bonchev–Trinajstić information content (AvgIpc) is 3.11. The first-order valence-electron chi connectivity index (χ1n) is 7.18. The Morgan fingerprint density at radius 3 is 3.00 bits per heavy atom. The molecule has 0 bridgehead atoms. The van der Waals surface area contributed by atoms with Gasteiger partial charge in [0.2, 0.25) is 6.41 Å². The normalized spacial score (nSPS) is 10.7. The van der Waals surface area contributed by atoms with Crippen molar-refractivity contribution in [3.63, 3.8) is 0 Å². The molecule has 0 spiro atoms. The Labute approximate surface area is 132 Å². The summed E-state index contributed by atoms with van der Waals surface area (Å²) in [6, 6.07) is 5.93. The first-order chi connectivity index (χ1) is 11.1. The van der Waals surface area contributed by atoms with Crippen molar-refractivity contribution in [3.8, 4) is 5.69 Å². The number of amides is 1. The lowest BCUT2D eigenvalue weighted by molar-refractivity contribution is -0.108. The maximum atomic E-state index is 10.4. The number of rotatable bonds is 4. The van der Waals surface area contributed by atoms with Crippen LogP contribution in [0.25, 0.3) is 16.7 Å². The molecule has 0 fully saturated rings. The lowest BCUT2D eigenvalue weighted by Gasteiger charge is -2.10. The van der Waals surface area contributed by atoms with Crippen LogP contribution < -0.4 is 10.6 Å². The van der Waals surface area contributed by atoms with Crippen LogP contribution >= 0.6 is 0 Å². The zero-order valence-corrected chi connectivity index (χ0v) is 12.9. The Bertz CT molecular complexity index is 877. The molecule has 8 nitrogen and oxygen atoms in total. The van der Waals surface area contributed by atoms with Gasteiger partial charge in [-0.25, -0.2) is 9.67 Å². The number of imidazole rings is 1. The molecule has 2 aromatic heterocycles. The minimum Gasteiger partial charge on any atom is -0.334 e. The second-order valence-electron chi connectivity index (χ2n) is 5.06. The zero-order valence-electron chi connectivity index (χ0n) is 12.9. The van der Waals surface area contributed by atoms with Crippen molar-refractivity contribution in [2.75, 3.05) is 5.32 Å². The molecule has 0 saturated heterocycles. The number of aromatic nitrogens is 4. The third kappa shape index (κ3) is 2.66. The Morgan fingerprint density at radius 2 is 2.26 bits per heavy atom. The number of benzene rings is 1. The molecule has 2 heterocycles. The summed E-state index contributed by atoms with van der Waals surface area (Å²) in [4.78, 5) is 14.7. The van der Waals surface area contributed by atoms with Gasteiger partial charge < -0.3 is 9.88 Å². The number of carbonyl (C=O) groups is 1.